The fourth-order valence-corrected chi connectivity index (χ4v) is 3.59. The molecule has 0 atom stereocenters. The first kappa shape index (κ1) is 22.4. The van der Waals surface area contributed by atoms with Crippen molar-refractivity contribution in [2.24, 2.45) is 0 Å². The molecule has 9 nitrogen and oxygen atoms in total. The Morgan fingerprint density at radius 3 is 2.57 bits per heavy atom. The Morgan fingerprint density at radius 1 is 1.29 bits per heavy atom. The van der Waals surface area contributed by atoms with Crippen LogP contribution in [0.4, 0.5) is 5.69 Å². The monoisotopic (exact) mass is 415 g/mol. The molecule has 0 saturated carbocycles. The van der Waals surface area contributed by atoms with E-state index in [9.17, 15) is 13.2 Å². The number of carbonyl (C=O) groups is 1. The third-order valence-electron chi connectivity index (χ3n) is 4.61. The van der Waals surface area contributed by atoms with Crippen LogP contribution in [0.5, 0.6) is 5.88 Å². The van der Waals surface area contributed by atoms with Gasteiger partial charge in [-0.25, -0.2) is 13.4 Å². The number of likely N-dealkylation sites (tertiary alicyclic amines) is 1. The van der Waals surface area contributed by atoms with Crippen molar-refractivity contribution < 1.29 is 27.4 Å². The second kappa shape index (κ2) is 10.6. The Bertz CT molecular complexity index is 717. The van der Waals surface area contributed by atoms with Crippen molar-refractivity contribution in [3.63, 3.8) is 0 Å². The first-order valence-electron chi connectivity index (χ1n) is 9.31. The minimum atomic E-state index is -3.32. The van der Waals surface area contributed by atoms with Crippen molar-refractivity contribution >= 4 is 21.6 Å². The molecule has 2 heterocycles. The second-order valence-corrected chi connectivity index (χ2v) is 8.75. The van der Waals surface area contributed by atoms with Gasteiger partial charge in [0.25, 0.3) is 0 Å². The van der Waals surface area contributed by atoms with E-state index in [1.54, 1.807) is 31.1 Å². The maximum absolute atomic E-state index is 12.1. The van der Waals surface area contributed by atoms with E-state index in [-0.39, 0.29) is 24.4 Å². The predicted octanol–water partition coefficient (Wildman–Crippen LogP) is 0.900. The molecular formula is C18H29N3O6S. The number of amides is 1. The van der Waals surface area contributed by atoms with Gasteiger partial charge in [0.2, 0.25) is 21.8 Å². The molecule has 1 aromatic rings. The molecule has 10 heteroatoms. The van der Waals surface area contributed by atoms with Crippen LogP contribution in [0.1, 0.15) is 19.8 Å². The van der Waals surface area contributed by atoms with Crippen LogP contribution in [0.25, 0.3) is 0 Å². The van der Waals surface area contributed by atoms with E-state index in [4.69, 9.17) is 14.2 Å². The summed E-state index contributed by atoms with van der Waals surface area (Å²) in [6.45, 7) is 3.73. The number of nitrogens with zero attached hydrogens (tertiary/aromatic N) is 3. The largest absolute Gasteiger partial charge is 0.474 e. The quantitative estimate of drug-likeness (QED) is 0.524. The van der Waals surface area contributed by atoms with Crippen LogP contribution in [0.15, 0.2) is 18.3 Å². The number of anilines is 1. The van der Waals surface area contributed by atoms with Crippen molar-refractivity contribution in [3.8, 4) is 5.88 Å². The first-order chi connectivity index (χ1) is 13.4. The Balaban J connectivity index is 1.79. The second-order valence-electron chi connectivity index (χ2n) is 6.47. The summed E-state index contributed by atoms with van der Waals surface area (Å²) < 4.78 is 41.0. The summed E-state index contributed by atoms with van der Waals surface area (Å²) >= 11 is 0. The SMILES string of the molecule is CCS(=O)(=O)N(C)c1ccc(OC2CCN(C(=O)COCCOC)CC2)nc1. The summed E-state index contributed by atoms with van der Waals surface area (Å²) in [5, 5.41) is 0. The third-order valence-corrected chi connectivity index (χ3v) is 6.38. The number of methoxy groups -OCH3 is 1. The van der Waals surface area contributed by atoms with Crippen LogP contribution in [0, 0.1) is 0 Å². The molecule has 0 unspecified atom stereocenters. The van der Waals surface area contributed by atoms with E-state index in [0.717, 1.165) is 0 Å². The lowest BCUT2D eigenvalue weighted by molar-refractivity contribution is -0.138. The molecule has 1 saturated heterocycles. The highest BCUT2D eigenvalue weighted by molar-refractivity contribution is 7.92. The molecule has 0 aromatic carbocycles. The fraction of sp³-hybridized carbons (Fsp3) is 0.667. The van der Waals surface area contributed by atoms with E-state index in [0.29, 0.717) is 50.7 Å². The zero-order chi connectivity index (χ0) is 20.6. The van der Waals surface area contributed by atoms with Crippen LogP contribution in [0.3, 0.4) is 0 Å². The van der Waals surface area contributed by atoms with Gasteiger partial charge in [-0.05, 0) is 13.0 Å². The van der Waals surface area contributed by atoms with Gasteiger partial charge in [-0.15, -0.1) is 0 Å². The topological polar surface area (TPSA) is 98.3 Å². The molecule has 0 aliphatic carbocycles. The van der Waals surface area contributed by atoms with Crippen LogP contribution in [-0.4, -0.2) is 83.1 Å². The van der Waals surface area contributed by atoms with Crippen molar-refractivity contribution in [1.29, 1.82) is 0 Å². The molecular weight excluding hydrogens is 386 g/mol. The number of hydrogen-bond acceptors (Lipinski definition) is 7. The summed E-state index contributed by atoms with van der Waals surface area (Å²) in [6.07, 6.45) is 2.86. The normalized spacial score (nSPS) is 15.5. The van der Waals surface area contributed by atoms with E-state index in [1.165, 1.54) is 17.5 Å². The molecule has 158 valence electrons. The molecule has 0 bridgehead atoms. The van der Waals surface area contributed by atoms with Gasteiger partial charge in [-0.2, -0.15) is 0 Å². The minimum absolute atomic E-state index is 0.0243. The molecule has 28 heavy (non-hydrogen) atoms. The summed E-state index contributed by atoms with van der Waals surface area (Å²) in [6, 6.07) is 3.34. The number of rotatable bonds is 10. The average Bonchev–Trinajstić information content (AvgIpc) is 2.71. The van der Waals surface area contributed by atoms with Crippen molar-refractivity contribution in [1.82, 2.24) is 9.88 Å². The van der Waals surface area contributed by atoms with Gasteiger partial charge in [0, 0.05) is 46.2 Å². The van der Waals surface area contributed by atoms with Gasteiger partial charge < -0.3 is 19.1 Å². The zero-order valence-electron chi connectivity index (χ0n) is 16.7. The van der Waals surface area contributed by atoms with Crippen molar-refractivity contribution in [2.75, 3.05) is 57.1 Å². The van der Waals surface area contributed by atoms with Gasteiger partial charge in [0.15, 0.2) is 0 Å². The average molecular weight is 416 g/mol. The van der Waals surface area contributed by atoms with Gasteiger partial charge in [-0.1, -0.05) is 0 Å². The lowest BCUT2D eigenvalue weighted by Gasteiger charge is -2.32. The number of piperidine rings is 1. The van der Waals surface area contributed by atoms with E-state index in [2.05, 4.69) is 4.98 Å². The van der Waals surface area contributed by atoms with E-state index >= 15 is 0 Å². The Hall–Kier alpha value is -1.91. The van der Waals surface area contributed by atoms with Gasteiger partial charge in [0.05, 0.1) is 30.9 Å². The van der Waals surface area contributed by atoms with Crippen LogP contribution < -0.4 is 9.04 Å². The summed E-state index contributed by atoms with van der Waals surface area (Å²) in [7, 11) is -0.229. The Morgan fingerprint density at radius 2 is 2.00 bits per heavy atom. The molecule has 1 aliphatic rings. The number of pyridine rings is 1. The van der Waals surface area contributed by atoms with Gasteiger partial charge >= 0.3 is 0 Å². The van der Waals surface area contributed by atoms with Crippen molar-refractivity contribution in [2.45, 2.75) is 25.9 Å². The lowest BCUT2D eigenvalue weighted by atomic mass is 10.1. The molecule has 0 spiro atoms. The van der Waals surface area contributed by atoms with Crippen molar-refractivity contribution in [3.05, 3.63) is 18.3 Å². The van der Waals surface area contributed by atoms with Gasteiger partial charge in [-0.3, -0.25) is 9.10 Å². The highest BCUT2D eigenvalue weighted by atomic mass is 32.2. The number of ether oxygens (including phenoxy) is 3. The number of sulfonamides is 1. The predicted molar refractivity (Wildman–Crippen MR) is 105 cm³/mol. The first-order valence-corrected chi connectivity index (χ1v) is 10.9. The summed E-state index contributed by atoms with van der Waals surface area (Å²) in [4.78, 5) is 18.1. The third kappa shape index (κ3) is 6.32. The molecule has 0 radical (unpaired) electrons. The minimum Gasteiger partial charge on any atom is -0.474 e. The molecule has 2 rings (SSSR count). The molecule has 1 fully saturated rings. The molecule has 0 N–H and O–H groups in total. The number of carbonyl (C=O) groups excluding carboxylic acids is 1. The zero-order valence-corrected chi connectivity index (χ0v) is 17.5. The number of hydrogen-bond donors (Lipinski definition) is 0. The van der Waals surface area contributed by atoms with Crippen LogP contribution in [-0.2, 0) is 24.3 Å². The maximum atomic E-state index is 12.1. The summed E-state index contributed by atoms with van der Waals surface area (Å²) in [5.74, 6) is 0.437. The van der Waals surface area contributed by atoms with Gasteiger partial charge in [0.1, 0.15) is 12.7 Å². The molecule has 1 aromatic heterocycles. The smallest absolute Gasteiger partial charge is 0.248 e. The van der Waals surface area contributed by atoms with E-state index in [1.807, 2.05) is 0 Å². The maximum Gasteiger partial charge on any atom is 0.248 e. The van der Waals surface area contributed by atoms with Crippen LogP contribution in [0.2, 0.25) is 0 Å². The highest BCUT2D eigenvalue weighted by Crippen LogP contribution is 2.21. The highest BCUT2D eigenvalue weighted by Gasteiger charge is 2.24. The molecule has 1 amide bonds. The Kier molecular flexibility index (Phi) is 8.46. The number of aromatic nitrogens is 1. The molecule has 1 aliphatic heterocycles. The summed E-state index contributed by atoms with van der Waals surface area (Å²) in [5.41, 5.74) is 0.489. The van der Waals surface area contributed by atoms with Crippen LogP contribution >= 0.6 is 0 Å². The fourth-order valence-electron chi connectivity index (χ4n) is 2.77. The Labute approximate surface area is 166 Å². The lowest BCUT2D eigenvalue weighted by Crippen LogP contribution is -2.43. The van der Waals surface area contributed by atoms with E-state index < -0.39 is 10.0 Å². The standard InChI is InChI=1S/C18H29N3O6S/c1-4-28(23,24)20(2)15-5-6-17(19-13-15)27-16-7-9-21(10-8-16)18(22)14-26-12-11-25-3/h5-6,13,16H,4,7-12,14H2,1-3H3.